The Hall–Kier alpha value is -2.26. The van der Waals surface area contributed by atoms with Crippen LogP contribution in [0.5, 0.6) is 0 Å². The summed E-state index contributed by atoms with van der Waals surface area (Å²) in [5.41, 5.74) is 1.37. The largest absolute Gasteiger partial charge is 0.388 e. The Morgan fingerprint density at radius 2 is 1.91 bits per heavy atom. The van der Waals surface area contributed by atoms with E-state index >= 15 is 0 Å². The quantitative estimate of drug-likeness (QED) is 0.391. The molecule has 4 N–H and O–H groups in total. The second-order valence-corrected chi connectivity index (χ2v) is 9.46. The molecule has 2 aliphatic rings. The molecule has 1 aliphatic carbocycles. The summed E-state index contributed by atoms with van der Waals surface area (Å²) in [7, 11) is 1.72. The second kappa shape index (κ2) is 11.9. The summed E-state index contributed by atoms with van der Waals surface area (Å²) in [5, 5.41) is 21.1. The highest BCUT2D eigenvalue weighted by molar-refractivity contribution is 5.70. The Balaban J connectivity index is 1.36. The van der Waals surface area contributed by atoms with Gasteiger partial charge in [0.1, 0.15) is 11.6 Å². The molecule has 0 unspecified atom stereocenters. The lowest BCUT2D eigenvalue weighted by molar-refractivity contribution is -0.0543. The predicted octanol–water partition coefficient (Wildman–Crippen LogP) is 3.80. The summed E-state index contributed by atoms with van der Waals surface area (Å²) >= 11 is 0. The molecule has 8 heteroatoms. The molecule has 0 atom stereocenters. The zero-order valence-corrected chi connectivity index (χ0v) is 20.0. The average Bonchev–Trinajstić information content (AvgIpc) is 2.86. The van der Waals surface area contributed by atoms with Crippen molar-refractivity contribution >= 4 is 11.5 Å². The lowest BCUT2D eigenvalue weighted by atomic mass is 9.91. The van der Waals surface area contributed by atoms with Gasteiger partial charge in [0.25, 0.3) is 0 Å². The molecule has 7 nitrogen and oxygen atoms in total. The van der Waals surface area contributed by atoms with Gasteiger partial charge in [0.2, 0.25) is 0 Å². The van der Waals surface area contributed by atoms with Gasteiger partial charge in [0.15, 0.2) is 0 Å². The molecule has 2 fully saturated rings. The molecular weight excluding hydrogens is 435 g/mol. The SMILES string of the molecule is COCCN[C@H]1CC[C@H](Nc2cc(-c3cccc(NCC4(O)CCOCC4)c3)c(F)cn2)CC1. The number of nitrogens with zero attached hydrogens (tertiary/aromatic N) is 1. The Morgan fingerprint density at radius 1 is 1.15 bits per heavy atom. The molecule has 1 saturated heterocycles. The van der Waals surface area contributed by atoms with Crippen LogP contribution in [0.2, 0.25) is 0 Å². The number of benzene rings is 1. The average molecular weight is 473 g/mol. The summed E-state index contributed by atoms with van der Waals surface area (Å²) in [6.45, 7) is 3.19. The van der Waals surface area contributed by atoms with Crippen molar-refractivity contribution in [2.75, 3.05) is 50.7 Å². The molecule has 0 radical (unpaired) electrons. The third-order valence-electron chi connectivity index (χ3n) is 6.89. The van der Waals surface area contributed by atoms with E-state index in [-0.39, 0.29) is 5.82 Å². The Morgan fingerprint density at radius 3 is 2.68 bits per heavy atom. The highest BCUT2D eigenvalue weighted by Gasteiger charge is 2.29. The Bertz CT molecular complexity index is 915. The van der Waals surface area contributed by atoms with E-state index < -0.39 is 5.60 Å². The van der Waals surface area contributed by atoms with E-state index in [2.05, 4.69) is 20.9 Å². The smallest absolute Gasteiger partial charge is 0.149 e. The molecule has 2 aromatic rings. The normalized spacial score (nSPS) is 22.3. The standard InChI is InChI=1S/C26H37FN4O3/c1-33-14-11-28-20-5-7-21(8-6-20)31-25-16-23(24(27)17-29-25)19-3-2-4-22(15-19)30-18-26(32)9-12-34-13-10-26/h2-4,15-17,20-21,28,30,32H,5-14,18H2,1H3,(H,29,31)/t20-,21-. The third-order valence-corrected chi connectivity index (χ3v) is 6.89. The Kier molecular flexibility index (Phi) is 8.72. The van der Waals surface area contributed by atoms with Crippen molar-refractivity contribution in [1.29, 1.82) is 0 Å². The summed E-state index contributed by atoms with van der Waals surface area (Å²) < 4.78 is 25.2. The van der Waals surface area contributed by atoms with Gasteiger partial charge in [-0.15, -0.1) is 0 Å². The highest BCUT2D eigenvalue weighted by Crippen LogP contribution is 2.29. The first-order chi connectivity index (χ1) is 16.5. The molecule has 0 amide bonds. The number of methoxy groups -OCH3 is 1. The van der Waals surface area contributed by atoms with Gasteiger partial charge in [-0.25, -0.2) is 9.37 Å². The lowest BCUT2D eigenvalue weighted by Crippen LogP contribution is -2.42. The predicted molar refractivity (Wildman–Crippen MR) is 133 cm³/mol. The maximum Gasteiger partial charge on any atom is 0.149 e. The maximum absolute atomic E-state index is 14.7. The van der Waals surface area contributed by atoms with Crippen LogP contribution in [0.25, 0.3) is 11.1 Å². The van der Waals surface area contributed by atoms with Crippen molar-refractivity contribution in [3.05, 3.63) is 42.3 Å². The highest BCUT2D eigenvalue weighted by atomic mass is 19.1. The Labute approximate surface area is 201 Å². The van der Waals surface area contributed by atoms with Crippen LogP contribution in [-0.4, -0.2) is 67.8 Å². The minimum absolute atomic E-state index is 0.333. The molecule has 0 spiro atoms. The number of halogens is 1. The van der Waals surface area contributed by atoms with Crippen LogP contribution in [0.4, 0.5) is 15.9 Å². The van der Waals surface area contributed by atoms with Gasteiger partial charge in [0.05, 0.1) is 18.4 Å². The number of ether oxygens (including phenoxy) is 2. The molecule has 34 heavy (non-hydrogen) atoms. The van der Waals surface area contributed by atoms with Crippen LogP contribution in [0, 0.1) is 5.82 Å². The summed E-state index contributed by atoms with van der Waals surface area (Å²) in [4.78, 5) is 4.29. The number of anilines is 2. The zero-order chi connectivity index (χ0) is 23.8. The van der Waals surface area contributed by atoms with Crippen LogP contribution in [0.1, 0.15) is 38.5 Å². The minimum atomic E-state index is -0.772. The molecular formula is C26H37FN4O3. The van der Waals surface area contributed by atoms with E-state index in [4.69, 9.17) is 9.47 Å². The van der Waals surface area contributed by atoms with Gasteiger partial charge in [-0.2, -0.15) is 0 Å². The van der Waals surface area contributed by atoms with E-state index in [1.54, 1.807) is 13.2 Å². The topological polar surface area (TPSA) is 87.7 Å². The van der Waals surface area contributed by atoms with Crippen molar-refractivity contribution in [2.24, 2.45) is 0 Å². The molecule has 0 bridgehead atoms. The lowest BCUT2D eigenvalue weighted by Gasteiger charge is -2.32. The number of hydrogen-bond donors (Lipinski definition) is 4. The zero-order valence-electron chi connectivity index (χ0n) is 20.0. The number of hydrogen-bond acceptors (Lipinski definition) is 7. The van der Waals surface area contributed by atoms with E-state index in [0.29, 0.717) is 56.1 Å². The first kappa shape index (κ1) is 24.9. The molecule has 4 rings (SSSR count). The molecule has 186 valence electrons. The number of aliphatic hydroxyl groups is 1. The first-order valence-electron chi connectivity index (χ1n) is 12.3. The van der Waals surface area contributed by atoms with Gasteiger partial charge >= 0.3 is 0 Å². The van der Waals surface area contributed by atoms with Gasteiger partial charge in [-0.3, -0.25) is 0 Å². The number of pyridine rings is 1. The van der Waals surface area contributed by atoms with Gasteiger partial charge < -0.3 is 30.5 Å². The van der Waals surface area contributed by atoms with Gasteiger partial charge in [0, 0.05) is 69.6 Å². The van der Waals surface area contributed by atoms with Crippen LogP contribution in [0.15, 0.2) is 36.5 Å². The summed E-state index contributed by atoms with van der Waals surface area (Å²) in [6.07, 6.45) is 6.81. The fraction of sp³-hybridized carbons (Fsp3) is 0.577. The molecule has 2 heterocycles. The van der Waals surface area contributed by atoms with Crippen LogP contribution >= 0.6 is 0 Å². The second-order valence-electron chi connectivity index (χ2n) is 9.46. The number of aromatic nitrogens is 1. The van der Waals surface area contributed by atoms with E-state index in [0.717, 1.165) is 50.1 Å². The first-order valence-corrected chi connectivity index (χ1v) is 12.3. The van der Waals surface area contributed by atoms with E-state index in [1.165, 1.54) is 6.20 Å². The molecule has 1 aromatic heterocycles. The van der Waals surface area contributed by atoms with Crippen LogP contribution in [-0.2, 0) is 9.47 Å². The minimum Gasteiger partial charge on any atom is -0.388 e. The number of rotatable bonds is 10. The molecule has 1 aliphatic heterocycles. The monoisotopic (exact) mass is 472 g/mol. The van der Waals surface area contributed by atoms with E-state index in [1.807, 2.05) is 24.3 Å². The fourth-order valence-electron chi connectivity index (χ4n) is 4.75. The fourth-order valence-corrected chi connectivity index (χ4v) is 4.75. The van der Waals surface area contributed by atoms with Crippen molar-refractivity contribution in [1.82, 2.24) is 10.3 Å². The van der Waals surface area contributed by atoms with Gasteiger partial charge in [-0.1, -0.05) is 12.1 Å². The summed E-state index contributed by atoms with van der Waals surface area (Å²) in [5.74, 6) is 0.346. The number of nitrogens with one attached hydrogen (secondary N) is 3. The van der Waals surface area contributed by atoms with Gasteiger partial charge in [-0.05, 0) is 49.4 Å². The maximum atomic E-state index is 14.7. The van der Waals surface area contributed by atoms with Crippen molar-refractivity contribution in [3.8, 4) is 11.1 Å². The molecule has 1 saturated carbocycles. The molecule has 1 aromatic carbocycles. The van der Waals surface area contributed by atoms with Crippen molar-refractivity contribution in [2.45, 2.75) is 56.2 Å². The third kappa shape index (κ3) is 6.88. The van der Waals surface area contributed by atoms with Crippen LogP contribution in [0.3, 0.4) is 0 Å². The summed E-state index contributed by atoms with van der Waals surface area (Å²) in [6, 6.07) is 10.3. The van der Waals surface area contributed by atoms with E-state index in [9.17, 15) is 9.50 Å². The van der Waals surface area contributed by atoms with Crippen LogP contribution < -0.4 is 16.0 Å². The van der Waals surface area contributed by atoms with Crippen molar-refractivity contribution < 1.29 is 19.0 Å². The van der Waals surface area contributed by atoms with Crippen molar-refractivity contribution in [3.63, 3.8) is 0 Å².